The molecule has 0 heterocycles. The molecule has 0 bridgehead atoms. The van der Waals surface area contributed by atoms with Crippen molar-refractivity contribution < 1.29 is 5.11 Å². The van der Waals surface area contributed by atoms with Gasteiger partial charge in [0.2, 0.25) is 0 Å². The highest BCUT2D eigenvalue weighted by molar-refractivity contribution is 5.03. The van der Waals surface area contributed by atoms with Gasteiger partial charge in [-0.25, -0.2) is 0 Å². The molecule has 2 atom stereocenters. The van der Waals surface area contributed by atoms with Gasteiger partial charge >= 0.3 is 0 Å². The van der Waals surface area contributed by atoms with E-state index in [1.54, 1.807) is 6.92 Å². The monoisotopic (exact) mass is 224 g/mol. The summed E-state index contributed by atoms with van der Waals surface area (Å²) in [5.41, 5.74) is -0.905. The summed E-state index contributed by atoms with van der Waals surface area (Å²) < 4.78 is 0. The lowest BCUT2D eigenvalue weighted by Crippen LogP contribution is -2.20. The largest absolute Gasteiger partial charge is 0.378 e. The molecule has 0 aromatic heterocycles. The highest BCUT2D eigenvalue weighted by Crippen LogP contribution is 2.20. The maximum absolute atomic E-state index is 9.65. The maximum Gasteiger partial charge on any atom is 0.122 e. The quantitative estimate of drug-likeness (QED) is 0.618. The standard InChI is InChI=1S/C15H28O/c1-6-15(5,16)12-8-11-14(4)10-7-9-13(2)3/h1,13-14,16H,7-12H2,2-5H3/t14-,15-/m1/s1. The topological polar surface area (TPSA) is 20.2 Å². The molecule has 0 aliphatic heterocycles. The summed E-state index contributed by atoms with van der Waals surface area (Å²) in [5.74, 6) is 4.00. The molecule has 0 aliphatic rings. The van der Waals surface area contributed by atoms with Crippen LogP contribution in [-0.4, -0.2) is 10.7 Å². The van der Waals surface area contributed by atoms with Gasteiger partial charge in [-0.05, 0) is 31.6 Å². The summed E-state index contributed by atoms with van der Waals surface area (Å²) in [6, 6.07) is 0. The van der Waals surface area contributed by atoms with Crippen molar-refractivity contribution in [1.29, 1.82) is 0 Å². The van der Waals surface area contributed by atoms with Gasteiger partial charge in [0.05, 0.1) is 0 Å². The second-order valence-corrected chi connectivity index (χ2v) is 5.74. The van der Waals surface area contributed by atoms with Crippen LogP contribution in [0.2, 0.25) is 0 Å². The molecule has 94 valence electrons. The van der Waals surface area contributed by atoms with E-state index in [1.807, 2.05) is 0 Å². The van der Waals surface area contributed by atoms with Crippen molar-refractivity contribution in [2.24, 2.45) is 11.8 Å². The zero-order valence-electron chi connectivity index (χ0n) is 11.4. The summed E-state index contributed by atoms with van der Waals surface area (Å²) >= 11 is 0. The Labute approximate surface area is 102 Å². The van der Waals surface area contributed by atoms with Crippen LogP contribution in [0.1, 0.15) is 66.2 Å². The van der Waals surface area contributed by atoms with E-state index in [4.69, 9.17) is 6.42 Å². The van der Waals surface area contributed by atoms with Gasteiger partial charge in [0.25, 0.3) is 0 Å². The van der Waals surface area contributed by atoms with Gasteiger partial charge in [-0.15, -0.1) is 6.42 Å². The van der Waals surface area contributed by atoms with Crippen molar-refractivity contribution in [2.45, 2.75) is 71.8 Å². The minimum atomic E-state index is -0.905. The molecule has 0 saturated carbocycles. The Morgan fingerprint density at radius 2 is 1.69 bits per heavy atom. The Balaban J connectivity index is 3.52. The van der Waals surface area contributed by atoms with Crippen LogP contribution in [0.15, 0.2) is 0 Å². The highest BCUT2D eigenvalue weighted by Gasteiger charge is 2.15. The van der Waals surface area contributed by atoms with Gasteiger partial charge in [0.15, 0.2) is 0 Å². The lowest BCUT2D eigenvalue weighted by atomic mass is 9.92. The fourth-order valence-corrected chi connectivity index (χ4v) is 1.89. The number of terminal acetylenes is 1. The van der Waals surface area contributed by atoms with Crippen molar-refractivity contribution in [2.75, 3.05) is 0 Å². The molecule has 1 nitrogen and oxygen atoms in total. The van der Waals surface area contributed by atoms with Crippen LogP contribution in [0.25, 0.3) is 0 Å². The van der Waals surface area contributed by atoms with E-state index in [9.17, 15) is 5.11 Å². The molecule has 0 aromatic rings. The third-order valence-electron chi connectivity index (χ3n) is 3.15. The van der Waals surface area contributed by atoms with Crippen LogP contribution in [-0.2, 0) is 0 Å². The maximum atomic E-state index is 9.65. The van der Waals surface area contributed by atoms with E-state index in [-0.39, 0.29) is 0 Å². The number of hydrogen-bond acceptors (Lipinski definition) is 1. The van der Waals surface area contributed by atoms with Crippen molar-refractivity contribution in [3.05, 3.63) is 0 Å². The van der Waals surface area contributed by atoms with Crippen molar-refractivity contribution in [1.82, 2.24) is 0 Å². The summed E-state index contributed by atoms with van der Waals surface area (Å²) in [6.45, 7) is 8.56. The van der Waals surface area contributed by atoms with E-state index in [2.05, 4.69) is 26.7 Å². The molecule has 0 rings (SSSR count). The molecular weight excluding hydrogens is 196 g/mol. The first kappa shape index (κ1) is 15.5. The van der Waals surface area contributed by atoms with Crippen LogP contribution in [0.5, 0.6) is 0 Å². The molecule has 1 heteroatoms. The molecule has 0 aliphatic carbocycles. The van der Waals surface area contributed by atoms with Gasteiger partial charge < -0.3 is 5.11 Å². The van der Waals surface area contributed by atoms with Crippen LogP contribution in [0.4, 0.5) is 0 Å². The smallest absolute Gasteiger partial charge is 0.122 e. The van der Waals surface area contributed by atoms with Crippen molar-refractivity contribution in [3.63, 3.8) is 0 Å². The van der Waals surface area contributed by atoms with Crippen LogP contribution < -0.4 is 0 Å². The first-order valence-electron chi connectivity index (χ1n) is 6.57. The third kappa shape index (κ3) is 8.80. The lowest BCUT2D eigenvalue weighted by Gasteiger charge is -2.17. The molecular formula is C15H28O. The Morgan fingerprint density at radius 1 is 1.12 bits per heavy atom. The van der Waals surface area contributed by atoms with E-state index < -0.39 is 5.60 Å². The number of rotatable bonds is 8. The molecule has 0 fully saturated rings. The van der Waals surface area contributed by atoms with Crippen LogP contribution in [0.3, 0.4) is 0 Å². The lowest BCUT2D eigenvalue weighted by molar-refractivity contribution is 0.107. The first-order valence-corrected chi connectivity index (χ1v) is 6.57. The molecule has 0 unspecified atom stereocenters. The Morgan fingerprint density at radius 3 is 2.19 bits per heavy atom. The van der Waals surface area contributed by atoms with Gasteiger partial charge in [0, 0.05) is 0 Å². The van der Waals surface area contributed by atoms with E-state index in [0.717, 1.165) is 24.7 Å². The summed E-state index contributed by atoms with van der Waals surface area (Å²) in [5, 5.41) is 9.65. The molecule has 0 saturated heterocycles. The minimum Gasteiger partial charge on any atom is -0.378 e. The first-order chi connectivity index (χ1) is 7.37. The molecule has 0 aromatic carbocycles. The Kier molecular flexibility index (Phi) is 7.51. The van der Waals surface area contributed by atoms with Gasteiger partial charge in [-0.3, -0.25) is 0 Å². The van der Waals surface area contributed by atoms with Crippen molar-refractivity contribution in [3.8, 4) is 12.3 Å². The van der Waals surface area contributed by atoms with Gasteiger partial charge in [-0.2, -0.15) is 0 Å². The summed E-state index contributed by atoms with van der Waals surface area (Å²) in [7, 11) is 0. The van der Waals surface area contributed by atoms with Gasteiger partial charge in [-0.1, -0.05) is 52.4 Å². The number of aliphatic hydroxyl groups is 1. The highest BCUT2D eigenvalue weighted by atomic mass is 16.3. The van der Waals surface area contributed by atoms with Gasteiger partial charge in [0.1, 0.15) is 5.60 Å². The summed E-state index contributed by atoms with van der Waals surface area (Å²) in [4.78, 5) is 0. The molecule has 0 spiro atoms. The molecule has 16 heavy (non-hydrogen) atoms. The zero-order valence-corrected chi connectivity index (χ0v) is 11.4. The fraction of sp³-hybridized carbons (Fsp3) is 0.867. The second-order valence-electron chi connectivity index (χ2n) is 5.74. The average molecular weight is 224 g/mol. The third-order valence-corrected chi connectivity index (χ3v) is 3.15. The predicted molar refractivity (Wildman–Crippen MR) is 71.2 cm³/mol. The normalized spacial score (nSPS) is 16.8. The SMILES string of the molecule is C#C[C@@](C)(O)CCC[C@H](C)CCCC(C)C. The van der Waals surface area contributed by atoms with Crippen molar-refractivity contribution >= 4 is 0 Å². The number of hydrogen-bond donors (Lipinski definition) is 1. The predicted octanol–water partition coefficient (Wildman–Crippen LogP) is 4.00. The van der Waals surface area contributed by atoms with E-state index in [0.29, 0.717) is 0 Å². The van der Waals surface area contributed by atoms with Crippen LogP contribution >= 0.6 is 0 Å². The molecule has 0 amide bonds. The Hall–Kier alpha value is -0.480. The minimum absolute atomic E-state index is 0.720. The summed E-state index contributed by atoms with van der Waals surface area (Å²) in [6.07, 6.45) is 12.1. The van der Waals surface area contributed by atoms with E-state index in [1.165, 1.54) is 25.7 Å². The van der Waals surface area contributed by atoms with Crippen LogP contribution in [0, 0.1) is 24.2 Å². The fourth-order valence-electron chi connectivity index (χ4n) is 1.89. The van der Waals surface area contributed by atoms with E-state index >= 15 is 0 Å². The zero-order chi connectivity index (χ0) is 12.6. The molecule has 1 N–H and O–H groups in total. The second kappa shape index (κ2) is 7.74. The average Bonchev–Trinajstić information content (AvgIpc) is 2.17. The Bertz CT molecular complexity index is 210. The molecule has 0 radical (unpaired) electrons.